The maximum absolute atomic E-state index is 12.8. The van der Waals surface area contributed by atoms with Crippen molar-refractivity contribution in [2.24, 2.45) is 5.92 Å². The largest absolute Gasteiger partial charge is 0.490 e. The number of amides is 1. The van der Waals surface area contributed by atoms with E-state index in [-0.39, 0.29) is 17.9 Å². The molecule has 1 amide bonds. The van der Waals surface area contributed by atoms with Crippen molar-refractivity contribution in [1.82, 2.24) is 5.32 Å². The highest BCUT2D eigenvalue weighted by molar-refractivity contribution is 5.82. The number of rotatable bonds is 5. The fraction of sp³-hybridized carbons (Fsp3) is 0.435. The standard InChI is InChI=1S/C23H28N2O3/c1-16(2)23(18-8-9-20-21(14-18)28-13-5-12-27-20)24-22(26)15-25-11-10-17-6-3-4-7-19(17)25/h3-4,6-9,14,16,23H,5,10-13,15H2,1-2H3,(H,24,26)/t23-/m1/s1. The van der Waals surface area contributed by atoms with Gasteiger partial charge in [-0.3, -0.25) is 4.79 Å². The second-order valence-corrected chi connectivity index (χ2v) is 7.85. The topological polar surface area (TPSA) is 50.8 Å². The Labute approximate surface area is 166 Å². The van der Waals surface area contributed by atoms with E-state index in [1.807, 2.05) is 24.3 Å². The van der Waals surface area contributed by atoms with Crippen molar-refractivity contribution in [2.45, 2.75) is 32.7 Å². The quantitative estimate of drug-likeness (QED) is 0.859. The van der Waals surface area contributed by atoms with Gasteiger partial charge < -0.3 is 19.7 Å². The number of carbonyl (C=O) groups is 1. The normalized spacial score (nSPS) is 16.5. The molecule has 2 aromatic rings. The Morgan fingerprint density at radius 2 is 1.89 bits per heavy atom. The molecule has 5 heteroatoms. The van der Waals surface area contributed by atoms with E-state index >= 15 is 0 Å². The van der Waals surface area contributed by atoms with Gasteiger partial charge in [-0.15, -0.1) is 0 Å². The summed E-state index contributed by atoms with van der Waals surface area (Å²) in [7, 11) is 0. The molecule has 0 spiro atoms. The van der Waals surface area contributed by atoms with Gasteiger partial charge in [-0.2, -0.15) is 0 Å². The molecule has 0 aromatic heterocycles. The van der Waals surface area contributed by atoms with Crippen molar-refractivity contribution in [3.05, 3.63) is 53.6 Å². The third kappa shape index (κ3) is 3.93. The molecule has 148 valence electrons. The van der Waals surface area contributed by atoms with Crippen LogP contribution in [-0.2, 0) is 11.2 Å². The van der Waals surface area contributed by atoms with Gasteiger partial charge in [-0.05, 0) is 41.7 Å². The van der Waals surface area contributed by atoms with E-state index in [9.17, 15) is 4.79 Å². The molecule has 0 bridgehead atoms. The Hall–Kier alpha value is -2.69. The number of benzene rings is 2. The number of hydrogen-bond donors (Lipinski definition) is 1. The zero-order chi connectivity index (χ0) is 19.5. The number of nitrogens with one attached hydrogen (secondary N) is 1. The number of carbonyl (C=O) groups excluding carboxylic acids is 1. The van der Waals surface area contributed by atoms with Crippen LogP contribution in [0.4, 0.5) is 5.69 Å². The van der Waals surface area contributed by atoms with E-state index in [0.29, 0.717) is 19.8 Å². The number of hydrogen-bond acceptors (Lipinski definition) is 4. The van der Waals surface area contributed by atoms with E-state index in [1.165, 1.54) is 11.3 Å². The van der Waals surface area contributed by atoms with Gasteiger partial charge >= 0.3 is 0 Å². The smallest absolute Gasteiger partial charge is 0.240 e. The van der Waals surface area contributed by atoms with Gasteiger partial charge in [-0.1, -0.05) is 38.1 Å². The predicted molar refractivity (Wildman–Crippen MR) is 110 cm³/mol. The summed E-state index contributed by atoms with van der Waals surface area (Å²) in [6, 6.07) is 14.3. The zero-order valence-corrected chi connectivity index (χ0v) is 16.6. The van der Waals surface area contributed by atoms with E-state index in [0.717, 1.165) is 36.4 Å². The van der Waals surface area contributed by atoms with Crippen molar-refractivity contribution in [3.63, 3.8) is 0 Å². The van der Waals surface area contributed by atoms with Crippen LogP contribution in [0, 0.1) is 5.92 Å². The summed E-state index contributed by atoms with van der Waals surface area (Å²) in [5.74, 6) is 1.86. The van der Waals surface area contributed by atoms with Crippen LogP contribution in [0.15, 0.2) is 42.5 Å². The summed E-state index contributed by atoms with van der Waals surface area (Å²) in [6.45, 7) is 6.85. The average molecular weight is 380 g/mol. The lowest BCUT2D eigenvalue weighted by Crippen LogP contribution is -2.39. The van der Waals surface area contributed by atoms with Gasteiger partial charge in [0.15, 0.2) is 11.5 Å². The highest BCUT2D eigenvalue weighted by Gasteiger charge is 2.24. The molecule has 5 nitrogen and oxygen atoms in total. The van der Waals surface area contributed by atoms with E-state index in [4.69, 9.17) is 9.47 Å². The minimum absolute atomic E-state index is 0.0440. The summed E-state index contributed by atoms with van der Waals surface area (Å²) in [5, 5.41) is 3.24. The van der Waals surface area contributed by atoms with Crippen molar-refractivity contribution in [3.8, 4) is 11.5 Å². The fourth-order valence-electron chi connectivity index (χ4n) is 3.97. The third-order valence-electron chi connectivity index (χ3n) is 5.43. The van der Waals surface area contributed by atoms with Gasteiger partial charge in [0, 0.05) is 18.7 Å². The van der Waals surface area contributed by atoms with Crippen molar-refractivity contribution in [1.29, 1.82) is 0 Å². The monoisotopic (exact) mass is 380 g/mol. The SMILES string of the molecule is CC(C)[C@@H](NC(=O)CN1CCc2ccccc21)c1ccc2c(c1)OCCCO2. The van der Waals surface area contributed by atoms with Crippen LogP contribution in [0.3, 0.4) is 0 Å². The summed E-state index contributed by atoms with van der Waals surface area (Å²) in [4.78, 5) is 15.0. The van der Waals surface area contributed by atoms with Crippen LogP contribution in [0.2, 0.25) is 0 Å². The maximum atomic E-state index is 12.8. The number of ether oxygens (including phenoxy) is 2. The summed E-state index contributed by atoms with van der Waals surface area (Å²) >= 11 is 0. The molecular formula is C23H28N2O3. The highest BCUT2D eigenvalue weighted by atomic mass is 16.5. The minimum Gasteiger partial charge on any atom is -0.490 e. The van der Waals surface area contributed by atoms with Crippen LogP contribution < -0.4 is 19.7 Å². The number of fused-ring (bicyclic) bond motifs is 2. The third-order valence-corrected chi connectivity index (χ3v) is 5.43. The zero-order valence-electron chi connectivity index (χ0n) is 16.6. The molecule has 1 N–H and O–H groups in total. The number of para-hydroxylation sites is 1. The van der Waals surface area contributed by atoms with Gasteiger partial charge in [-0.25, -0.2) is 0 Å². The highest BCUT2D eigenvalue weighted by Crippen LogP contribution is 2.34. The first-order valence-corrected chi connectivity index (χ1v) is 10.1. The van der Waals surface area contributed by atoms with Crippen molar-refractivity contribution in [2.75, 3.05) is 31.2 Å². The number of anilines is 1. The van der Waals surface area contributed by atoms with Gasteiger partial charge in [0.05, 0.1) is 25.8 Å². The molecule has 0 saturated heterocycles. The Balaban J connectivity index is 1.47. The van der Waals surface area contributed by atoms with Gasteiger partial charge in [0.2, 0.25) is 5.91 Å². The molecule has 0 radical (unpaired) electrons. The molecule has 0 unspecified atom stereocenters. The lowest BCUT2D eigenvalue weighted by molar-refractivity contribution is -0.120. The molecule has 2 heterocycles. The van der Waals surface area contributed by atoms with Gasteiger partial charge in [0.25, 0.3) is 0 Å². The van der Waals surface area contributed by atoms with Crippen LogP contribution in [0.25, 0.3) is 0 Å². The predicted octanol–water partition coefficient (Wildman–Crippen LogP) is 3.72. The fourth-order valence-corrected chi connectivity index (χ4v) is 3.97. The maximum Gasteiger partial charge on any atom is 0.240 e. The molecule has 0 fully saturated rings. The first-order valence-electron chi connectivity index (χ1n) is 10.1. The molecule has 2 aliphatic heterocycles. The van der Waals surface area contributed by atoms with Crippen LogP contribution >= 0.6 is 0 Å². The minimum atomic E-state index is -0.0671. The molecule has 4 rings (SSSR count). The number of nitrogens with zero attached hydrogens (tertiary/aromatic N) is 1. The molecule has 1 atom stereocenters. The molecule has 28 heavy (non-hydrogen) atoms. The molecule has 0 saturated carbocycles. The molecule has 2 aromatic carbocycles. The van der Waals surface area contributed by atoms with Gasteiger partial charge in [0.1, 0.15) is 0 Å². The van der Waals surface area contributed by atoms with E-state index in [2.05, 4.69) is 42.3 Å². The molecule has 0 aliphatic carbocycles. The Morgan fingerprint density at radius 3 is 2.71 bits per heavy atom. The Bertz CT molecular complexity index is 849. The van der Waals surface area contributed by atoms with Crippen molar-refractivity contribution < 1.29 is 14.3 Å². The first kappa shape index (κ1) is 18.7. The summed E-state index contributed by atoms with van der Waals surface area (Å²) in [6.07, 6.45) is 1.88. The second-order valence-electron chi connectivity index (χ2n) is 7.85. The van der Waals surface area contributed by atoms with Crippen LogP contribution in [0.1, 0.15) is 37.4 Å². The average Bonchev–Trinajstić information content (AvgIpc) is 2.94. The second kappa shape index (κ2) is 8.13. The molecular weight excluding hydrogens is 352 g/mol. The van der Waals surface area contributed by atoms with Crippen LogP contribution in [-0.4, -0.2) is 32.2 Å². The Kier molecular flexibility index (Phi) is 5.42. The Morgan fingerprint density at radius 1 is 1.11 bits per heavy atom. The lowest BCUT2D eigenvalue weighted by atomic mass is 9.95. The summed E-state index contributed by atoms with van der Waals surface area (Å²) < 4.78 is 11.6. The van der Waals surface area contributed by atoms with Crippen molar-refractivity contribution >= 4 is 11.6 Å². The van der Waals surface area contributed by atoms with E-state index in [1.54, 1.807) is 0 Å². The van der Waals surface area contributed by atoms with E-state index < -0.39 is 0 Å². The molecule has 2 aliphatic rings. The lowest BCUT2D eigenvalue weighted by Gasteiger charge is -2.26. The van der Waals surface area contributed by atoms with Crippen LogP contribution in [0.5, 0.6) is 11.5 Å². The summed E-state index contributed by atoms with van der Waals surface area (Å²) in [5.41, 5.74) is 3.54. The first-order chi connectivity index (χ1) is 13.6.